The highest BCUT2D eigenvalue weighted by Crippen LogP contribution is 2.30. The Labute approximate surface area is 245 Å². The number of nitrogens with two attached hydrogens (primary N) is 1. The number of rotatable bonds is 8. The van der Waals surface area contributed by atoms with Crippen LogP contribution in [0.1, 0.15) is 31.2 Å². The van der Waals surface area contributed by atoms with Crippen molar-refractivity contribution in [3.05, 3.63) is 66.2 Å². The molecule has 1 aromatic heterocycles. The highest BCUT2D eigenvalue weighted by Gasteiger charge is 2.27. The van der Waals surface area contributed by atoms with Gasteiger partial charge in [0.2, 0.25) is 11.7 Å². The van der Waals surface area contributed by atoms with E-state index in [1.165, 1.54) is 6.33 Å². The van der Waals surface area contributed by atoms with Crippen LogP contribution in [0.4, 0.5) is 16.0 Å². The number of amides is 1. The van der Waals surface area contributed by atoms with Gasteiger partial charge in [-0.2, -0.15) is 4.39 Å². The third kappa shape index (κ3) is 8.16. The number of carbonyl (C=O) groups excluding carboxylic acids is 1. The van der Waals surface area contributed by atoms with E-state index in [1.807, 2.05) is 58.3 Å². The number of aliphatic carboxylic acids is 1. The van der Waals surface area contributed by atoms with E-state index in [9.17, 15) is 14.0 Å². The SMILES string of the molecule is COc1ccccc1-c1ccc(CCC(=O)O)cc1.NC(=O)C1CCCCN(c2ncnc(N3CCOCC3)c2F)C1. The first-order chi connectivity index (χ1) is 20.4. The molecular weight excluding hydrogens is 541 g/mol. The van der Waals surface area contributed by atoms with Gasteiger partial charge in [-0.15, -0.1) is 0 Å². The maximum Gasteiger partial charge on any atom is 0.303 e. The molecule has 5 rings (SSSR count). The molecule has 2 aromatic carbocycles. The number of hydrogen-bond acceptors (Lipinski definition) is 8. The summed E-state index contributed by atoms with van der Waals surface area (Å²) in [5, 5.41) is 8.66. The Hall–Kier alpha value is -4.25. The van der Waals surface area contributed by atoms with E-state index in [-0.39, 0.29) is 24.1 Å². The van der Waals surface area contributed by atoms with Crippen LogP contribution in [0.3, 0.4) is 0 Å². The number of para-hydroxylation sites is 1. The molecule has 11 heteroatoms. The van der Waals surface area contributed by atoms with Crippen molar-refractivity contribution in [1.29, 1.82) is 0 Å². The van der Waals surface area contributed by atoms with Gasteiger partial charge < -0.3 is 30.1 Å². The lowest BCUT2D eigenvalue weighted by Crippen LogP contribution is -2.39. The van der Waals surface area contributed by atoms with Crippen molar-refractivity contribution in [2.24, 2.45) is 11.7 Å². The molecule has 2 saturated heterocycles. The lowest BCUT2D eigenvalue weighted by atomic mass is 10.0. The molecule has 0 bridgehead atoms. The summed E-state index contributed by atoms with van der Waals surface area (Å²) in [6.45, 7) is 3.42. The van der Waals surface area contributed by atoms with Crippen molar-refractivity contribution in [3.8, 4) is 16.9 Å². The molecule has 2 fully saturated rings. The molecule has 0 saturated carbocycles. The second-order valence-electron chi connectivity index (χ2n) is 10.3. The van der Waals surface area contributed by atoms with Crippen LogP contribution in [0, 0.1) is 11.7 Å². The normalized spacial score (nSPS) is 17.0. The zero-order chi connectivity index (χ0) is 29.9. The Morgan fingerprint density at radius 2 is 1.71 bits per heavy atom. The molecule has 1 unspecified atom stereocenters. The average molecular weight is 580 g/mol. The van der Waals surface area contributed by atoms with E-state index in [2.05, 4.69) is 9.97 Å². The van der Waals surface area contributed by atoms with Gasteiger partial charge in [-0.05, 0) is 36.5 Å². The zero-order valence-corrected chi connectivity index (χ0v) is 23.9. The minimum Gasteiger partial charge on any atom is -0.496 e. The minimum atomic E-state index is -0.770. The van der Waals surface area contributed by atoms with Crippen LogP contribution in [0.15, 0.2) is 54.9 Å². The van der Waals surface area contributed by atoms with Crippen LogP contribution in [-0.4, -0.2) is 73.5 Å². The van der Waals surface area contributed by atoms with Gasteiger partial charge in [0.1, 0.15) is 12.1 Å². The number of aryl methyl sites for hydroxylation is 1. The molecule has 3 heterocycles. The summed E-state index contributed by atoms with van der Waals surface area (Å²) < 4.78 is 25.6. The predicted molar refractivity (Wildman–Crippen MR) is 158 cm³/mol. The summed E-state index contributed by atoms with van der Waals surface area (Å²) in [7, 11) is 1.65. The molecule has 0 radical (unpaired) electrons. The van der Waals surface area contributed by atoms with Crippen molar-refractivity contribution in [2.45, 2.75) is 32.1 Å². The zero-order valence-electron chi connectivity index (χ0n) is 23.9. The number of carboxylic acids is 1. The summed E-state index contributed by atoms with van der Waals surface area (Å²) in [5.74, 6) is -0.402. The van der Waals surface area contributed by atoms with E-state index in [4.69, 9.17) is 20.3 Å². The Balaban J connectivity index is 0.000000197. The molecule has 0 aliphatic carbocycles. The molecule has 42 heavy (non-hydrogen) atoms. The quantitative estimate of drug-likeness (QED) is 0.408. The molecule has 3 N–H and O–H groups in total. The molecule has 2 aliphatic heterocycles. The smallest absolute Gasteiger partial charge is 0.303 e. The molecule has 2 aliphatic rings. The third-order valence-electron chi connectivity index (χ3n) is 7.44. The number of carboxylic acid groups (broad SMARTS) is 1. The number of methoxy groups -OCH3 is 1. The van der Waals surface area contributed by atoms with Crippen molar-refractivity contribution in [1.82, 2.24) is 9.97 Å². The lowest BCUT2D eigenvalue weighted by Gasteiger charge is -2.30. The molecule has 1 atom stereocenters. The summed E-state index contributed by atoms with van der Waals surface area (Å²) in [6.07, 6.45) is 4.64. The van der Waals surface area contributed by atoms with E-state index >= 15 is 0 Å². The van der Waals surface area contributed by atoms with Crippen molar-refractivity contribution >= 4 is 23.5 Å². The molecule has 10 nitrogen and oxygen atoms in total. The van der Waals surface area contributed by atoms with Crippen LogP contribution in [0.25, 0.3) is 11.1 Å². The van der Waals surface area contributed by atoms with E-state index in [0.717, 1.165) is 41.7 Å². The number of carbonyl (C=O) groups is 2. The Kier molecular flexibility index (Phi) is 11.0. The predicted octanol–water partition coefficient (Wildman–Crippen LogP) is 3.92. The van der Waals surface area contributed by atoms with Crippen LogP contribution in [0.5, 0.6) is 5.75 Å². The Bertz CT molecular complexity index is 1330. The largest absolute Gasteiger partial charge is 0.496 e. The van der Waals surface area contributed by atoms with Gasteiger partial charge >= 0.3 is 5.97 Å². The van der Waals surface area contributed by atoms with Crippen molar-refractivity contribution in [2.75, 3.05) is 56.3 Å². The van der Waals surface area contributed by atoms with Gasteiger partial charge in [0.15, 0.2) is 11.6 Å². The fourth-order valence-electron chi connectivity index (χ4n) is 5.12. The van der Waals surface area contributed by atoms with Gasteiger partial charge in [-0.25, -0.2) is 9.97 Å². The third-order valence-corrected chi connectivity index (χ3v) is 7.44. The van der Waals surface area contributed by atoms with E-state index < -0.39 is 11.8 Å². The molecular formula is C31H38FN5O5. The van der Waals surface area contributed by atoms with Gasteiger partial charge in [0.05, 0.1) is 26.2 Å². The number of benzene rings is 2. The van der Waals surface area contributed by atoms with Crippen molar-refractivity contribution < 1.29 is 28.6 Å². The van der Waals surface area contributed by atoms with Crippen LogP contribution >= 0.6 is 0 Å². The molecule has 0 spiro atoms. The Morgan fingerprint density at radius 1 is 1.02 bits per heavy atom. The van der Waals surface area contributed by atoms with Crippen LogP contribution in [0.2, 0.25) is 0 Å². The Morgan fingerprint density at radius 3 is 2.38 bits per heavy atom. The van der Waals surface area contributed by atoms with Crippen LogP contribution in [-0.2, 0) is 20.7 Å². The number of ether oxygens (including phenoxy) is 2. The summed E-state index contributed by atoms with van der Waals surface area (Å²) in [6, 6.07) is 15.7. The summed E-state index contributed by atoms with van der Waals surface area (Å²) >= 11 is 0. The molecule has 224 valence electrons. The topological polar surface area (TPSA) is 131 Å². The van der Waals surface area contributed by atoms with E-state index in [1.54, 1.807) is 7.11 Å². The number of anilines is 2. The highest BCUT2D eigenvalue weighted by molar-refractivity contribution is 5.77. The van der Waals surface area contributed by atoms with E-state index in [0.29, 0.717) is 51.6 Å². The average Bonchev–Trinajstić information content (AvgIpc) is 3.28. The molecule has 1 amide bonds. The fourth-order valence-corrected chi connectivity index (χ4v) is 5.12. The number of morpholine rings is 1. The number of hydrogen-bond donors (Lipinski definition) is 2. The number of nitrogens with zero attached hydrogens (tertiary/aromatic N) is 4. The minimum absolute atomic E-state index is 0.161. The first-order valence-corrected chi connectivity index (χ1v) is 14.2. The maximum atomic E-state index is 14.9. The van der Waals surface area contributed by atoms with Gasteiger partial charge in [0.25, 0.3) is 0 Å². The van der Waals surface area contributed by atoms with Gasteiger partial charge in [-0.1, -0.05) is 48.9 Å². The van der Waals surface area contributed by atoms with Crippen LogP contribution < -0.4 is 20.3 Å². The monoisotopic (exact) mass is 579 g/mol. The van der Waals surface area contributed by atoms with Gasteiger partial charge in [-0.3, -0.25) is 9.59 Å². The second-order valence-corrected chi connectivity index (χ2v) is 10.3. The molecule has 3 aromatic rings. The first-order valence-electron chi connectivity index (χ1n) is 14.2. The van der Waals surface area contributed by atoms with Gasteiger partial charge in [0, 0.05) is 38.2 Å². The maximum absolute atomic E-state index is 14.9. The fraction of sp³-hybridized carbons (Fsp3) is 0.419. The van der Waals surface area contributed by atoms with Crippen molar-refractivity contribution in [3.63, 3.8) is 0 Å². The number of primary amides is 1. The lowest BCUT2D eigenvalue weighted by molar-refractivity contribution is -0.137. The first kappa shape index (κ1) is 30.7. The highest BCUT2D eigenvalue weighted by atomic mass is 19.1. The number of halogens is 1. The standard InChI is InChI=1S/C16H16O3.C15H22FN5O2/c1-19-15-5-3-2-4-14(15)13-9-6-12(7-10-13)8-11-16(17)18;16-12-14(20-5-7-23-8-6-20)18-10-19-15(12)21-4-2-1-3-11(9-21)13(17)22/h2-7,9-10H,8,11H2,1H3,(H,17,18);10-11H,1-9H2,(H2,17,22). The number of aromatic nitrogens is 2. The summed E-state index contributed by atoms with van der Waals surface area (Å²) in [5.41, 5.74) is 8.58. The second kappa shape index (κ2) is 15.1. The summed E-state index contributed by atoms with van der Waals surface area (Å²) in [4.78, 5) is 34.0.